The van der Waals surface area contributed by atoms with Crippen molar-refractivity contribution in [1.82, 2.24) is 0 Å². The Kier molecular flexibility index (Phi) is 2.93. The summed E-state index contributed by atoms with van der Waals surface area (Å²) in [4.78, 5) is 0. The molecule has 0 N–H and O–H groups in total. The van der Waals surface area contributed by atoms with E-state index in [2.05, 4.69) is 18.7 Å². The average molecular weight is 207 g/mol. The van der Waals surface area contributed by atoms with Gasteiger partial charge >= 0.3 is 0 Å². The van der Waals surface area contributed by atoms with Gasteiger partial charge in [0.2, 0.25) is 0 Å². The van der Waals surface area contributed by atoms with E-state index in [1.54, 1.807) is 0 Å². The Morgan fingerprint density at radius 3 is 2.79 bits per heavy atom. The summed E-state index contributed by atoms with van der Waals surface area (Å²) in [7, 11) is 0. The van der Waals surface area contributed by atoms with Crippen molar-refractivity contribution in [1.29, 1.82) is 0 Å². The van der Waals surface area contributed by atoms with Gasteiger partial charge in [0, 0.05) is 5.02 Å². The lowest BCUT2D eigenvalue weighted by molar-refractivity contribution is 0.625. The predicted molar refractivity (Wildman–Crippen MR) is 61.6 cm³/mol. The van der Waals surface area contributed by atoms with Crippen LogP contribution in [0.25, 0.3) is 0 Å². The molecule has 1 aliphatic carbocycles. The van der Waals surface area contributed by atoms with Crippen molar-refractivity contribution in [2.75, 3.05) is 0 Å². The minimum absolute atomic E-state index is 0.662. The van der Waals surface area contributed by atoms with Gasteiger partial charge in [-0.1, -0.05) is 42.0 Å². The third-order valence-corrected chi connectivity index (χ3v) is 3.42. The zero-order valence-corrected chi connectivity index (χ0v) is 9.06. The molecular formula is C13H15Cl. The maximum absolute atomic E-state index is 6.12. The molecule has 0 nitrogen and oxygen atoms in total. The van der Waals surface area contributed by atoms with Crippen LogP contribution in [0.4, 0.5) is 0 Å². The molecule has 1 heteroatoms. The van der Waals surface area contributed by atoms with Crippen molar-refractivity contribution in [2.45, 2.75) is 25.7 Å². The fraction of sp³-hybridized carbons (Fsp3) is 0.385. The first kappa shape index (κ1) is 9.79. The summed E-state index contributed by atoms with van der Waals surface area (Å²) in [5.74, 6) is 0.662. The van der Waals surface area contributed by atoms with Gasteiger partial charge in [0.05, 0.1) is 0 Å². The average Bonchev–Trinajstić information content (AvgIpc) is 2.56. The van der Waals surface area contributed by atoms with Gasteiger partial charge in [-0.05, 0) is 43.2 Å². The fourth-order valence-electron chi connectivity index (χ4n) is 2.16. The largest absolute Gasteiger partial charge is 0.0996 e. The molecule has 1 saturated carbocycles. The lowest BCUT2D eigenvalue weighted by Gasteiger charge is -2.11. The first-order chi connectivity index (χ1) is 6.77. The summed E-state index contributed by atoms with van der Waals surface area (Å²) in [5.41, 5.74) is 2.67. The molecule has 1 unspecified atom stereocenters. The van der Waals surface area contributed by atoms with Crippen LogP contribution in [0.2, 0.25) is 5.02 Å². The van der Waals surface area contributed by atoms with Gasteiger partial charge in [-0.2, -0.15) is 0 Å². The second kappa shape index (κ2) is 4.18. The summed E-state index contributed by atoms with van der Waals surface area (Å²) in [6.07, 6.45) is 4.85. The molecule has 0 radical (unpaired) electrons. The highest BCUT2D eigenvalue weighted by Crippen LogP contribution is 2.33. The van der Waals surface area contributed by atoms with Crippen LogP contribution in [0.5, 0.6) is 0 Å². The molecule has 0 spiro atoms. The Labute approximate surface area is 90.6 Å². The first-order valence-electron chi connectivity index (χ1n) is 5.18. The standard InChI is InChI=1S/C13H15Cl/c1-10-5-4-7-11(10)9-12-6-2-3-8-13(12)14/h2-3,6,8,11H,1,4-5,7,9H2. The van der Waals surface area contributed by atoms with E-state index < -0.39 is 0 Å². The number of halogens is 1. The van der Waals surface area contributed by atoms with Crippen LogP contribution in [-0.2, 0) is 6.42 Å². The van der Waals surface area contributed by atoms with Crippen molar-refractivity contribution in [3.63, 3.8) is 0 Å². The molecule has 2 rings (SSSR count). The van der Waals surface area contributed by atoms with Gasteiger partial charge in [-0.25, -0.2) is 0 Å². The van der Waals surface area contributed by atoms with Crippen molar-refractivity contribution >= 4 is 11.6 Å². The maximum Gasteiger partial charge on any atom is 0.0438 e. The summed E-state index contributed by atoms with van der Waals surface area (Å²) in [6.45, 7) is 4.12. The molecule has 1 aromatic carbocycles. The van der Waals surface area contributed by atoms with Crippen LogP contribution in [0, 0.1) is 5.92 Å². The van der Waals surface area contributed by atoms with Crippen LogP contribution in [-0.4, -0.2) is 0 Å². The van der Waals surface area contributed by atoms with Crippen LogP contribution < -0.4 is 0 Å². The van der Waals surface area contributed by atoms with Crippen molar-refractivity contribution in [2.24, 2.45) is 5.92 Å². The van der Waals surface area contributed by atoms with Gasteiger partial charge in [0.1, 0.15) is 0 Å². The molecule has 0 bridgehead atoms. The number of hydrogen-bond acceptors (Lipinski definition) is 0. The summed E-state index contributed by atoms with van der Waals surface area (Å²) in [5, 5.41) is 0.896. The molecule has 74 valence electrons. The van der Waals surface area contributed by atoms with Gasteiger partial charge in [0.15, 0.2) is 0 Å². The van der Waals surface area contributed by atoms with E-state index in [4.69, 9.17) is 11.6 Å². The molecule has 1 aliphatic rings. The van der Waals surface area contributed by atoms with Gasteiger partial charge in [-0.15, -0.1) is 0 Å². The van der Waals surface area contributed by atoms with E-state index in [0.29, 0.717) is 5.92 Å². The SMILES string of the molecule is C=C1CCCC1Cc1ccccc1Cl. The quantitative estimate of drug-likeness (QED) is 0.635. The van der Waals surface area contributed by atoms with Crippen LogP contribution in [0.1, 0.15) is 24.8 Å². The molecule has 0 amide bonds. The number of hydrogen-bond donors (Lipinski definition) is 0. The highest BCUT2D eigenvalue weighted by Gasteiger charge is 2.19. The Balaban J connectivity index is 2.10. The fourth-order valence-corrected chi connectivity index (χ4v) is 2.37. The summed E-state index contributed by atoms with van der Waals surface area (Å²) < 4.78 is 0. The highest BCUT2D eigenvalue weighted by molar-refractivity contribution is 6.31. The lowest BCUT2D eigenvalue weighted by atomic mass is 9.95. The third-order valence-electron chi connectivity index (χ3n) is 3.05. The summed E-state index contributed by atoms with van der Waals surface area (Å²) in [6, 6.07) is 8.12. The zero-order valence-electron chi connectivity index (χ0n) is 8.30. The molecule has 0 saturated heterocycles. The zero-order chi connectivity index (χ0) is 9.97. The number of rotatable bonds is 2. The smallest absolute Gasteiger partial charge is 0.0438 e. The topological polar surface area (TPSA) is 0 Å². The molecule has 1 atom stereocenters. The molecular weight excluding hydrogens is 192 g/mol. The minimum atomic E-state index is 0.662. The van der Waals surface area contributed by atoms with Gasteiger partial charge in [0.25, 0.3) is 0 Å². The van der Waals surface area contributed by atoms with Crippen LogP contribution >= 0.6 is 11.6 Å². The lowest BCUT2D eigenvalue weighted by Crippen LogP contribution is -2.01. The summed E-state index contributed by atoms with van der Waals surface area (Å²) >= 11 is 6.12. The van der Waals surface area contributed by atoms with E-state index in [-0.39, 0.29) is 0 Å². The molecule has 0 aromatic heterocycles. The van der Waals surface area contributed by atoms with E-state index in [0.717, 1.165) is 11.4 Å². The van der Waals surface area contributed by atoms with E-state index in [1.165, 1.54) is 30.4 Å². The van der Waals surface area contributed by atoms with E-state index in [1.807, 2.05) is 12.1 Å². The maximum atomic E-state index is 6.12. The number of allylic oxidation sites excluding steroid dienone is 1. The Morgan fingerprint density at radius 2 is 2.14 bits per heavy atom. The molecule has 0 aliphatic heterocycles. The second-order valence-corrected chi connectivity index (χ2v) is 4.45. The van der Waals surface area contributed by atoms with E-state index >= 15 is 0 Å². The van der Waals surface area contributed by atoms with Gasteiger partial charge in [-0.3, -0.25) is 0 Å². The number of benzene rings is 1. The molecule has 1 fully saturated rings. The first-order valence-corrected chi connectivity index (χ1v) is 5.56. The second-order valence-electron chi connectivity index (χ2n) is 4.04. The minimum Gasteiger partial charge on any atom is -0.0996 e. The van der Waals surface area contributed by atoms with Crippen molar-refractivity contribution in [3.05, 3.63) is 47.0 Å². The van der Waals surface area contributed by atoms with Gasteiger partial charge < -0.3 is 0 Å². The Hall–Kier alpha value is -0.750. The normalized spacial score (nSPS) is 21.5. The highest BCUT2D eigenvalue weighted by atomic mass is 35.5. The van der Waals surface area contributed by atoms with Crippen molar-refractivity contribution < 1.29 is 0 Å². The van der Waals surface area contributed by atoms with Crippen LogP contribution in [0.3, 0.4) is 0 Å². The third kappa shape index (κ3) is 2.01. The van der Waals surface area contributed by atoms with Crippen LogP contribution in [0.15, 0.2) is 36.4 Å². The molecule has 0 heterocycles. The molecule has 14 heavy (non-hydrogen) atoms. The predicted octanol–water partition coefficient (Wildman–Crippen LogP) is 4.24. The van der Waals surface area contributed by atoms with Crippen molar-refractivity contribution in [3.8, 4) is 0 Å². The molecule has 1 aromatic rings. The Morgan fingerprint density at radius 1 is 1.36 bits per heavy atom. The van der Waals surface area contributed by atoms with E-state index in [9.17, 15) is 0 Å². The Bertz CT molecular complexity index is 341. The monoisotopic (exact) mass is 206 g/mol.